The fourth-order valence-corrected chi connectivity index (χ4v) is 4.32. The van der Waals surface area contributed by atoms with Crippen LogP contribution in [0.15, 0.2) is 15.8 Å². The van der Waals surface area contributed by atoms with Crippen LogP contribution >= 0.6 is 11.8 Å². The van der Waals surface area contributed by atoms with Crippen LogP contribution in [0.3, 0.4) is 0 Å². The fourth-order valence-electron chi connectivity index (χ4n) is 3.42. The lowest BCUT2D eigenvalue weighted by Gasteiger charge is -2.26. The molecule has 2 aromatic heterocycles. The number of hydrogen-bond donors (Lipinski definition) is 1. The van der Waals surface area contributed by atoms with Crippen molar-refractivity contribution >= 4 is 28.7 Å². The van der Waals surface area contributed by atoms with Crippen LogP contribution in [0.5, 0.6) is 0 Å². The second kappa shape index (κ2) is 5.99. The molecule has 8 heteroatoms. The number of aromatic amines is 1. The predicted octanol–water partition coefficient (Wildman–Crippen LogP) is 1.15. The average Bonchev–Trinajstić information content (AvgIpc) is 3.09. The van der Waals surface area contributed by atoms with Gasteiger partial charge < -0.3 is 4.90 Å². The predicted molar refractivity (Wildman–Crippen MR) is 91.5 cm³/mol. The Morgan fingerprint density at radius 1 is 1.17 bits per heavy atom. The number of anilines is 1. The summed E-state index contributed by atoms with van der Waals surface area (Å²) in [5.74, 6) is 2.68. The van der Waals surface area contributed by atoms with E-state index in [1.54, 1.807) is 6.20 Å². The van der Waals surface area contributed by atoms with Crippen LogP contribution in [-0.2, 0) is 0 Å². The highest BCUT2D eigenvalue weighted by Gasteiger charge is 2.22. The van der Waals surface area contributed by atoms with Crippen LogP contribution in [0.4, 0.5) is 5.95 Å². The summed E-state index contributed by atoms with van der Waals surface area (Å²) in [4.78, 5) is 38.7. The molecule has 1 aliphatic heterocycles. The standard InChI is InChI=1S/C15H19N5O2S/c21-13-11-9-16-14(19-5-7-23-8-6-19)17-12(11)18-15(22)20(13)10-3-1-2-4-10/h9-10H,1-8H2,(H,16,17,18,22). The SMILES string of the molecule is O=c1[nH]c2nc(N3CCSCC3)ncc2c(=O)n1C1CCCC1. The molecule has 1 N–H and O–H groups in total. The molecule has 2 aliphatic rings. The number of thioether (sulfide) groups is 1. The summed E-state index contributed by atoms with van der Waals surface area (Å²) in [6.07, 6.45) is 5.47. The van der Waals surface area contributed by atoms with Crippen molar-refractivity contribution < 1.29 is 0 Å². The Labute approximate surface area is 137 Å². The van der Waals surface area contributed by atoms with Crippen LogP contribution < -0.4 is 16.1 Å². The van der Waals surface area contributed by atoms with Gasteiger partial charge in [0.25, 0.3) is 5.56 Å². The monoisotopic (exact) mass is 333 g/mol. The summed E-state index contributed by atoms with van der Waals surface area (Å²) in [5, 5.41) is 0.395. The second-order valence-corrected chi connectivity index (χ2v) is 7.30. The van der Waals surface area contributed by atoms with Crippen molar-refractivity contribution in [3.63, 3.8) is 0 Å². The van der Waals surface area contributed by atoms with Crippen molar-refractivity contribution in [1.82, 2.24) is 19.5 Å². The summed E-state index contributed by atoms with van der Waals surface area (Å²) in [6, 6.07) is 0.00875. The van der Waals surface area contributed by atoms with Gasteiger partial charge in [-0.15, -0.1) is 0 Å². The maximum absolute atomic E-state index is 12.7. The molecule has 0 unspecified atom stereocenters. The van der Waals surface area contributed by atoms with Gasteiger partial charge >= 0.3 is 5.69 Å². The first-order valence-corrected chi connectivity index (χ1v) is 9.24. The topological polar surface area (TPSA) is 83.9 Å². The van der Waals surface area contributed by atoms with Gasteiger partial charge in [0.15, 0.2) is 5.65 Å². The first-order chi connectivity index (χ1) is 11.2. The Bertz CT molecular complexity index is 834. The minimum absolute atomic E-state index is 0.00875. The van der Waals surface area contributed by atoms with E-state index in [0.29, 0.717) is 17.0 Å². The molecular formula is C15H19N5O2S. The number of rotatable bonds is 2. The summed E-state index contributed by atoms with van der Waals surface area (Å²) < 4.78 is 1.36. The maximum atomic E-state index is 12.7. The number of H-pyrrole nitrogens is 1. The van der Waals surface area contributed by atoms with E-state index in [-0.39, 0.29) is 17.3 Å². The minimum Gasteiger partial charge on any atom is -0.339 e. The Morgan fingerprint density at radius 3 is 2.65 bits per heavy atom. The normalized spacial score (nSPS) is 19.6. The highest BCUT2D eigenvalue weighted by molar-refractivity contribution is 7.99. The largest absolute Gasteiger partial charge is 0.339 e. The number of hydrogen-bond acceptors (Lipinski definition) is 6. The summed E-state index contributed by atoms with van der Waals surface area (Å²) >= 11 is 1.91. The van der Waals surface area contributed by atoms with E-state index >= 15 is 0 Å². The van der Waals surface area contributed by atoms with Gasteiger partial charge in [-0.1, -0.05) is 12.8 Å². The summed E-state index contributed by atoms with van der Waals surface area (Å²) in [6.45, 7) is 1.78. The average molecular weight is 333 g/mol. The number of fused-ring (bicyclic) bond motifs is 1. The summed E-state index contributed by atoms with van der Waals surface area (Å²) in [7, 11) is 0. The molecular weight excluding hydrogens is 314 g/mol. The molecule has 1 aliphatic carbocycles. The van der Waals surface area contributed by atoms with Crippen molar-refractivity contribution in [2.75, 3.05) is 29.5 Å². The quantitative estimate of drug-likeness (QED) is 0.887. The van der Waals surface area contributed by atoms with Crippen LogP contribution in [0.1, 0.15) is 31.7 Å². The molecule has 4 rings (SSSR count). The third-order valence-electron chi connectivity index (χ3n) is 4.65. The van der Waals surface area contributed by atoms with Gasteiger partial charge in [-0.05, 0) is 12.8 Å². The van der Waals surface area contributed by atoms with Crippen LogP contribution in [0.2, 0.25) is 0 Å². The lowest BCUT2D eigenvalue weighted by Crippen LogP contribution is -2.38. The zero-order valence-electron chi connectivity index (χ0n) is 12.8. The second-order valence-electron chi connectivity index (χ2n) is 6.08. The highest BCUT2D eigenvalue weighted by atomic mass is 32.2. The molecule has 3 heterocycles. The van der Waals surface area contributed by atoms with Gasteiger partial charge in [0.2, 0.25) is 5.95 Å². The smallest absolute Gasteiger partial charge is 0.330 e. The van der Waals surface area contributed by atoms with E-state index in [1.807, 2.05) is 11.8 Å². The molecule has 1 saturated carbocycles. The number of nitrogens with zero attached hydrogens (tertiary/aromatic N) is 4. The first kappa shape index (κ1) is 14.7. The molecule has 122 valence electrons. The van der Waals surface area contributed by atoms with Gasteiger partial charge in [0, 0.05) is 36.8 Å². The van der Waals surface area contributed by atoms with Crippen molar-refractivity contribution in [3.05, 3.63) is 27.0 Å². The molecule has 23 heavy (non-hydrogen) atoms. The molecule has 0 bridgehead atoms. The van der Waals surface area contributed by atoms with E-state index in [1.165, 1.54) is 4.57 Å². The van der Waals surface area contributed by atoms with Gasteiger partial charge in [-0.2, -0.15) is 16.7 Å². The zero-order valence-corrected chi connectivity index (χ0v) is 13.6. The molecule has 0 atom stereocenters. The third kappa shape index (κ3) is 2.65. The van der Waals surface area contributed by atoms with Gasteiger partial charge in [0.1, 0.15) is 5.39 Å². The van der Waals surface area contributed by atoms with Crippen LogP contribution in [0, 0.1) is 0 Å². The lowest BCUT2D eigenvalue weighted by molar-refractivity contribution is 0.482. The Morgan fingerprint density at radius 2 is 1.91 bits per heavy atom. The Hall–Kier alpha value is -1.83. The Balaban J connectivity index is 1.79. The van der Waals surface area contributed by atoms with Crippen molar-refractivity contribution in [2.24, 2.45) is 0 Å². The van der Waals surface area contributed by atoms with E-state index < -0.39 is 0 Å². The zero-order chi connectivity index (χ0) is 15.8. The number of aromatic nitrogens is 4. The molecule has 0 radical (unpaired) electrons. The minimum atomic E-state index is -0.353. The molecule has 7 nitrogen and oxygen atoms in total. The van der Waals surface area contributed by atoms with E-state index in [0.717, 1.165) is 50.3 Å². The molecule has 0 spiro atoms. The third-order valence-corrected chi connectivity index (χ3v) is 5.60. The van der Waals surface area contributed by atoms with E-state index in [4.69, 9.17) is 0 Å². The summed E-state index contributed by atoms with van der Waals surface area (Å²) in [5.41, 5.74) is -0.276. The van der Waals surface area contributed by atoms with Crippen molar-refractivity contribution in [2.45, 2.75) is 31.7 Å². The van der Waals surface area contributed by atoms with Crippen LogP contribution in [-0.4, -0.2) is 44.1 Å². The van der Waals surface area contributed by atoms with Gasteiger partial charge in [-0.3, -0.25) is 14.3 Å². The van der Waals surface area contributed by atoms with E-state index in [2.05, 4.69) is 19.9 Å². The van der Waals surface area contributed by atoms with Crippen molar-refractivity contribution in [1.29, 1.82) is 0 Å². The lowest BCUT2D eigenvalue weighted by atomic mass is 10.2. The molecule has 2 fully saturated rings. The molecule has 1 saturated heterocycles. The van der Waals surface area contributed by atoms with Gasteiger partial charge in [-0.25, -0.2) is 9.78 Å². The van der Waals surface area contributed by atoms with Gasteiger partial charge in [0.05, 0.1) is 0 Å². The molecule has 0 amide bonds. The van der Waals surface area contributed by atoms with E-state index in [9.17, 15) is 9.59 Å². The van der Waals surface area contributed by atoms with Crippen molar-refractivity contribution in [3.8, 4) is 0 Å². The molecule has 0 aromatic carbocycles. The first-order valence-electron chi connectivity index (χ1n) is 8.08. The van der Waals surface area contributed by atoms with Crippen LogP contribution in [0.25, 0.3) is 11.0 Å². The maximum Gasteiger partial charge on any atom is 0.330 e. The fraction of sp³-hybridized carbons (Fsp3) is 0.600. The highest BCUT2D eigenvalue weighted by Crippen LogP contribution is 2.27. The number of nitrogens with one attached hydrogen (secondary N) is 1. The molecule has 2 aromatic rings. The Kier molecular flexibility index (Phi) is 3.84.